The summed E-state index contributed by atoms with van der Waals surface area (Å²) in [5.41, 5.74) is 26.7. The molecule has 444 valence electrons. The van der Waals surface area contributed by atoms with Gasteiger partial charge in [0.25, 0.3) is 6.71 Å². The first-order chi connectivity index (χ1) is 46.8. The molecule has 0 amide bonds. The molecule has 7 heteroatoms. The number of fused-ring (bicyclic) bond motifs is 19. The van der Waals surface area contributed by atoms with Crippen LogP contribution in [0, 0.1) is 0 Å². The molecular formula is C88H58BN5O. The van der Waals surface area contributed by atoms with Gasteiger partial charge in [-0.15, -0.1) is 0 Å². The molecule has 5 aromatic heterocycles. The van der Waals surface area contributed by atoms with E-state index in [1.807, 2.05) is 0 Å². The van der Waals surface area contributed by atoms with E-state index in [1.54, 1.807) is 0 Å². The molecule has 0 atom stereocenters. The molecular weight excluding hydrogens is 1150 g/mol. The summed E-state index contributed by atoms with van der Waals surface area (Å²) in [6.45, 7) is 6.73. The van der Waals surface area contributed by atoms with Crippen molar-refractivity contribution in [3.05, 3.63) is 303 Å². The van der Waals surface area contributed by atoms with Crippen molar-refractivity contribution in [2.24, 2.45) is 0 Å². The average molecular weight is 1210 g/mol. The fourth-order valence-corrected chi connectivity index (χ4v) is 16.9. The SMILES string of the molecule is CC(C)(C)c1ccc2c(c1)Oc1cc(-c3ccccc3-c3ccccc3)cc3c1B2c1cc(-n2c4ccccc4c4cc(-n5c6ccccc6c6ccccc65)ccc42)cc2c4cc(-n5c6ccccc6c6cc(-n7c8ccccc8c8ccccc87)ccc65)ccc4n-3c12. The molecule has 14 aromatic carbocycles. The van der Waals surface area contributed by atoms with Gasteiger partial charge in [-0.05, 0) is 171 Å². The molecule has 6 nitrogen and oxygen atoms in total. The van der Waals surface area contributed by atoms with Crippen LogP contribution in [0.5, 0.6) is 11.5 Å². The summed E-state index contributed by atoms with van der Waals surface area (Å²) < 4.78 is 20.0. The molecule has 0 saturated heterocycles. The minimum absolute atomic E-state index is 0.104. The molecule has 0 unspecified atom stereocenters. The lowest BCUT2D eigenvalue weighted by Crippen LogP contribution is -2.58. The fourth-order valence-electron chi connectivity index (χ4n) is 16.9. The van der Waals surface area contributed by atoms with E-state index in [-0.39, 0.29) is 12.1 Å². The minimum atomic E-state index is -0.161. The molecule has 2 aliphatic heterocycles. The standard InChI is InChI=1S/C88H58BN5O/c1-88(2,3)55-37-41-72-84(47-55)95-85-46-54(61-24-8-7-23-60(61)53-21-5-4-6-22-53)45-83-86(85)89(72)73-52-59(93-79-36-20-14-30-67(79)69-49-57(39-43-81(69)93)91-76-33-17-11-27-64(76)65-28-12-18-34-77(65)91)51-71-70-50-58(40-44-82(70)94(83)87(71)73)92-78-35-19-13-29-66(78)68-48-56(38-42-80(68)92)90-74-31-15-9-25-62(74)63-26-10-16-32-75(63)90/h4-52H,1-3H3. The molecule has 0 bridgehead atoms. The van der Waals surface area contributed by atoms with Gasteiger partial charge in [-0.25, -0.2) is 0 Å². The Morgan fingerprint density at radius 1 is 0.274 bits per heavy atom. The lowest BCUT2D eigenvalue weighted by molar-refractivity contribution is 0.483. The molecule has 0 N–H and O–H groups in total. The molecule has 19 aromatic rings. The van der Waals surface area contributed by atoms with Crippen molar-refractivity contribution in [3.8, 4) is 62.2 Å². The van der Waals surface area contributed by atoms with Gasteiger partial charge in [0, 0.05) is 87.8 Å². The van der Waals surface area contributed by atoms with E-state index in [1.165, 1.54) is 115 Å². The summed E-state index contributed by atoms with van der Waals surface area (Å²) in [6, 6.07) is 111. The fraction of sp³-hybridized carbons (Fsp3) is 0.0455. The first kappa shape index (κ1) is 52.6. The summed E-state index contributed by atoms with van der Waals surface area (Å²) >= 11 is 0. The molecule has 0 spiro atoms. The number of rotatable bonds is 6. The topological polar surface area (TPSA) is 33.9 Å². The molecule has 0 saturated carbocycles. The highest BCUT2D eigenvalue weighted by molar-refractivity contribution is 6.99. The molecule has 0 aliphatic carbocycles. The number of aromatic nitrogens is 5. The zero-order chi connectivity index (χ0) is 62.5. The lowest BCUT2D eigenvalue weighted by Gasteiger charge is -2.35. The van der Waals surface area contributed by atoms with Gasteiger partial charge in [-0.1, -0.05) is 197 Å². The highest BCUT2D eigenvalue weighted by Crippen LogP contribution is 2.46. The van der Waals surface area contributed by atoms with E-state index in [0.717, 1.165) is 78.6 Å². The third kappa shape index (κ3) is 7.35. The Morgan fingerprint density at radius 3 is 1.15 bits per heavy atom. The van der Waals surface area contributed by atoms with Gasteiger partial charge in [0.2, 0.25) is 0 Å². The number of hydrogen-bond acceptors (Lipinski definition) is 1. The van der Waals surface area contributed by atoms with Crippen molar-refractivity contribution >= 4 is 132 Å². The molecule has 0 fully saturated rings. The highest BCUT2D eigenvalue weighted by Gasteiger charge is 2.42. The summed E-state index contributed by atoms with van der Waals surface area (Å²) in [6.07, 6.45) is 0. The van der Waals surface area contributed by atoms with Gasteiger partial charge in [0.15, 0.2) is 0 Å². The van der Waals surface area contributed by atoms with E-state index in [9.17, 15) is 0 Å². The van der Waals surface area contributed by atoms with Gasteiger partial charge in [0.1, 0.15) is 11.5 Å². The normalized spacial score (nSPS) is 12.9. The lowest BCUT2D eigenvalue weighted by atomic mass is 9.34. The van der Waals surface area contributed by atoms with E-state index in [4.69, 9.17) is 4.74 Å². The van der Waals surface area contributed by atoms with E-state index in [0.29, 0.717) is 0 Å². The molecule has 21 rings (SSSR count). The molecule has 2 aliphatic rings. The summed E-state index contributed by atoms with van der Waals surface area (Å²) in [5.74, 6) is 1.79. The number of hydrogen-bond donors (Lipinski definition) is 0. The zero-order valence-corrected chi connectivity index (χ0v) is 52.5. The maximum Gasteiger partial charge on any atom is 0.256 e. The number of nitrogens with zero attached hydrogens (tertiary/aromatic N) is 5. The molecule has 7 heterocycles. The predicted octanol–water partition coefficient (Wildman–Crippen LogP) is 20.7. The number of benzene rings is 14. The van der Waals surface area contributed by atoms with Crippen molar-refractivity contribution in [1.82, 2.24) is 22.8 Å². The first-order valence-corrected chi connectivity index (χ1v) is 33.1. The van der Waals surface area contributed by atoms with Crippen LogP contribution >= 0.6 is 0 Å². The van der Waals surface area contributed by atoms with Crippen LogP contribution in [0.25, 0.3) is 160 Å². The van der Waals surface area contributed by atoms with Crippen LogP contribution < -0.4 is 21.1 Å². The van der Waals surface area contributed by atoms with Crippen LogP contribution in [0.3, 0.4) is 0 Å². The van der Waals surface area contributed by atoms with Crippen molar-refractivity contribution in [2.75, 3.05) is 0 Å². The van der Waals surface area contributed by atoms with Gasteiger partial charge >= 0.3 is 0 Å². The van der Waals surface area contributed by atoms with Crippen LogP contribution in [0.15, 0.2) is 297 Å². The number of para-hydroxylation sites is 6. The second kappa shape index (κ2) is 19.3. The largest absolute Gasteiger partial charge is 0.458 e. The monoisotopic (exact) mass is 1210 g/mol. The third-order valence-corrected chi connectivity index (χ3v) is 21.1. The van der Waals surface area contributed by atoms with E-state index in [2.05, 4.69) is 341 Å². The minimum Gasteiger partial charge on any atom is -0.458 e. The maximum absolute atomic E-state index is 7.48. The van der Waals surface area contributed by atoms with Gasteiger partial charge in [-0.2, -0.15) is 0 Å². The maximum atomic E-state index is 7.48. The smallest absolute Gasteiger partial charge is 0.256 e. The van der Waals surface area contributed by atoms with Gasteiger partial charge < -0.3 is 27.6 Å². The predicted molar refractivity (Wildman–Crippen MR) is 399 cm³/mol. The Labute approximate surface area is 547 Å². The Hall–Kier alpha value is -12.1. The first-order valence-electron chi connectivity index (χ1n) is 33.1. The Balaban J connectivity index is 0.851. The molecule has 95 heavy (non-hydrogen) atoms. The zero-order valence-electron chi connectivity index (χ0n) is 52.5. The van der Waals surface area contributed by atoms with Gasteiger partial charge in [-0.3, -0.25) is 0 Å². The highest BCUT2D eigenvalue weighted by atomic mass is 16.5. The Kier molecular flexibility index (Phi) is 10.7. The van der Waals surface area contributed by atoms with Crippen LogP contribution in [0.2, 0.25) is 0 Å². The van der Waals surface area contributed by atoms with Crippen LogP contribution in [-0.2, 0) is 5.41 Å². The van der Waals surface area contributed by atoms with Crippen LogP contribution in [-0.4, -0.2) is 29.5 Å². The van der Waals surface area contributed by atoms with E-state index < -0.39 is 0 Å². The Bertz CT molecular complexity index is 6450. The summed E-state index contributed by atoms with van der Waals surface area (Å²) in [4.78, 5) is 0. The average Bonchev–Trinajstić information content (AvgIpc) is 1.61. The van der Waals surface area contributed by atoms with Crippen molar-refractivity contribution in [2.45, 2.75) is 26.2 Å². The number of ether oxygens (including phenoxy) is 1. The summed E-state index contributed by atoms with van der Waals surface area (Å²) in [7, 11) is 0. The van der Waals surface area contributed by atoms with Crippen LogP contribution in [0.1, 0.15) is 26.3 Å². The summed E-state index contributed by atoms with van der Waals surface area (Å²) in [5, 5.41) is 12.2. The Morgan fingerprint density at radius 2 is 0.663 bits per heavy atom. The second-order valence-electron chi connectivity index (χ2n) is 27.2. The van der Waals surface area contributed by atoms with Crippen molar-refractivity contribution in [1.29, 1.82) is 0 Å². The third-order valence-electron chi connectivity index (χ3n) is 21.1. The van der Waals surface area contributed by atoms with Crippen LogP contribution in [0.4, 0.5) is 0 Å². The quantitative estimate of drug-likeness (QED) is 0.153. The van der Waals surface area contributed by atoms with E-state index >= 15 is 0 Å². The van der Waals surface area contributed by atoms with Gasteiger partial charge in [0.05, 0.1) is 49.7 Å². The van der Waals surface area contributed by atoms with Crippen molar-refractivity contribution in [3.63, 3.8) is 0 Å². The second-order valence-corrected chi connectivity index (χ2v) is 27.2. The van der Waals surface area contributed by atoms with Crippen molar-refractivity contribution < 1.29 is 4.74 Å². The molecule has 0 radical (unpaired) electrons.